The first-order chi connectivity index (χ1) is 3.31. The van der Waals surface area contributed by atoms with Crippen molar-refractivity contribution in [1.82, 2.24) is 0 Å². The third-order valence-electron chi connectivity index (χ3n) is 0.491. The summed E-state index contributed by atoms with van der Waals surface area (Å²) in [5, 5.41) is 0. The summed E-state index contributed by atoms with van der Waals surface area (Å²) in [6.07, 6.45) is 2.72. The molecule has 0 amide bonds. The molecule has 0 bridgehead atoms. The van der Waals surface area contributed by atoms with E-state index in [1.54, 1.807) is 13.8 Å². The number of hydrogen-bond acceptors (Lipinski definition) is 1. The lowest BCUT2D eigenvalue weighted by Gasteiger charge is -1.76. The molecule has 0 atom stereocenters. The van der Waals surface area contributed by atoms with Crippen molar-refractivity contribution in [2.45, 2.75) is 13.8 Å². The maximum atomic E-state index is 11.8. The van der Waals surface area contributed by atoms with Crippen LogP contribution in [-0.2, 0) is 0 Å². The predicted molar refractivity (Wildman–Crippen MR) is 29.0 cm³/mol. The van der Waals surface area contributed by atoms with E-state index < -0.39 is 5.95 Å². The van der Waals surface area contributed by atoms with Gasteiger partial charge in [-0.2, -0.15) is 4.39 Å². The molecule has 0 aliphatic carbocycles. The van der Waals surface area contributed by atoms with E-state index in [4.69, 9.17) is 0 Å². The van der Waals surface area contributed by atoms with Gasteiger partial charge in [-0.1, -0.05) is 0 Å². The third kappa shape index (κ3) is 3.16. The highest BCUT2D eigenvalue weighted by Crippen LogP contribution is 1.93. The van der Waals surface area contributed by atoms with Crippen molar-refractivity contribution in [1.29, 1.82) is 0 Å². The molecular weight excluding hydrogens is 93.1 g/mol. The number of halogens is 1. The molecule has 0 aliphatic heterocycles. The molecular formula is C5H8FN. The molecule has 0 saturated carbocycles. The van der Waals surface area contributed by atoms with Gasteiger partial charge < -0.3 is 0 Å². The second kappa shape index (κ2) is 3.53. The van der Waals surface area contributed by atoms with E-state index in [-0.39, 0.29) is 0 Å². The van der Waals surface area contributed by atoms with Crippen LogP contribution >= 0.6 is 0 Å². The third-order valence-corrected chi connectivity index (χ3v) is 0.491. The SMILES string of the molecule is C/C=N\C(F)=C/C. The maximum Gasteiger partial charge on any atom is 0.208 e. The topological polar surface area (TPSA) is 12.4 Å². The first-order valence-electron chi connectivity index (χ1n) is 2.11. The highest BCUT2D eigenvalue weighted by Gasteiger charge is 1.76. The van der Waals surface area contributed by atoms with Crippen molar-refractivity contribution >= 4 is 6.21 Å². The van der Waals surface area contributed by atoms with Crippen molar-refractivity contribution in [3.63, 3.8) is 0 Å². The van der Waals surface area contributed by atoms with E-state index in [1.807, 2.05) is 0 Å². The van der Waals surface area contributed by atoms with Crippen molar-refractivity contribution in [2.75, 3.05) is 0 Å². The fraction of sp³-hybridized carbons (Fsp3) is 0.400. The fourth-order valence-corrected chi connectivity index (χ4v) is 0.198. The number of nitrogens with zero attached hydrogens (tertiary/aromatic N) is 1. The number of allylic oxidation sites excluding steroid dienone is 1. The van der Waals surface area contributed by atoms with Gasteiger partial charge >= 0.3 is 0 Å². The van der Waals surface area contributed by atoms with E-state index in [1.165, 1.54) is 12.3 Å². The summed E-state index contributed by atoms with van der Waals surface area (Å²) in [6, 6.07) is 0. The van der Waals surface area contributed by atoms with E-state index in [0.717, 1.165) is 0 Å². The smallest absolute Gasteiger partial charge is 0.208 e. The van der Waals surface area contributed by atoms with Crippen LogP contribution in [0.3, 0.4) is 0 Å². The van der Waals surface area contributed by atoms with Gasteiger partial charge in [-0.05, 0) is 19.9 Å². The van der Waals surface area contributed by atoms with Gasteiger partial charge in [-0.15, -0.1) is 0 Å². The van der Waals surface area contributed by atoms with Crippen molar-refractivity contribution in [3.8, 4) is 0 Å². The molecule has 7 heavy (non-hydrogen) atoms. The van der Waals surface area contributed by atoms with Crippen molar-refractivity contribution in [3.05, 3.63) is 12.0 Å². The summed E-state index contributed by atoms with van der Waals surface area (Å²) < 4.78 is 11.8. The quantitative estimate of drug-likeness (QED) is 0.353. The number of hydrogen-bond donors (Lipinski definition) is 0. The Bertz CT molecular complexity index is 94.3. The molecule has 0 spiro atoms. The molecule has 1 nitrogen and oxygen atoms in total. The van der Waals surface area contributed by atoms with E-state index in [0.29, 0.717) is 0 Å². The van der Waals surface area contributed by atoms with Crippen molar-refractivity contribution < 1.29 is 4.39 Å². The van der Waals surface area contributed by atoms with Crippen LogP contribution in [-0.4, -0.2) is 6.21 Å². The molecule has 0 aromatic carbocycles. The highest BCUT2D eigenvalue weighted by molar-refractivity contribution is 5.54. The Morgan fingerprint density at radius 3 is 2.29 bits per heavy atom. The molecule has 0 fully saturated rings. The van der Waals surface area contributed by atoms with Gasteiger partial charge in [0.05, 0.1) is 0 Å². The maximum absolute atomic E-state index is 11.8. The minimum Gasteiger partial charge on any atom is -0.233 e. The Morgan fingerprint density at radius 1 is 1.57 bits per heavy atom. The Hall–Kier alpha value is -0.660. The van der Waals surface area contributed by atoms with Gasteiger partial charge in [-0.25, -0.2) is 4.99 Å². The summed E-state index contributed by atoms with van der Waals surface area (Å²) in [6.45, 7) is 3.27. The van der Waals surface area contributed by atoms with Gasteiger partial charge in [0.25, 0.3) is 0 Å². The second-order valence-corrected chi connectivity index (χ2v) is 0.999. The molecule has 0 unspecified atom stereocenters. The van der Waals surface area contributed by atoms with Gasteiger partial charge in [0.2, 0.25) is 5.95 Å². The number of aliphatic imine (C=N–C) groups is 1. The molecule has 0 saturated heterocycles. The number of rotatable bonds is 1. The van der Waals surface area contributed by atoms with Gasteiger partial charge in [0.1, 0.15) is 0 Å². The Morgan fingerprint density at radius 2 is 2.14 bits per heavy atom. The molecule has 0 heterocycles. The first kappa shape index (κ1) is 6.34. The van der Waals surface area contributed by atoms with E-state index in [2.05, 4.69) is 4.99 Å². The Balaban J connectivity index is 3.58. The average molecular weight is 101 g/mol. The lowest BCUT2D eigenvalue weighted by Crippen LogP contribution is -1.62. The second-order valence-electron chi connectivity index (χ2n) is 0.999. The highest BCUT2D eigenvalue weighted by atomic mass is 19.1. The van der Waals surface area contributed by atoms with Crippen LogP contribution in [0.2, 0.25) is 0 Å². The van der Waals surface area contributed by atoms with Crippen LogP contribution in [0.1, 0.15) is 13.8 Å². The zero-order chi connectivity index (χ0) is 5.70. The summed E-state index contributed by atoms with van der Waals surface area (Å²) in [5.41, 5.74) is 0. The minimum atomic E-state index is -0.428. The summed E-state index contributed by atoms with van der Waals surface area (Å²) in [4.78, 5) is 3.31. The average Bonchev–Trinajstić information content (AvgIpc) is 1.68. The van der Waals surface area contributed by atoms with Crippen LogP contribution < -0.4 is 0 Å². The predicted octanol–water partition coefficient (Wildman–Crippen LogP) is 1.91. The summed E-state index contributed by atoms with van der Waals surface area (Å²) in [7, 11) is 0. The fourth-order valence-electron chi connectivity index (χ4n) is 0.198. The normalized spacial score (nSPS) is 13.3. The van der Waals surface area contributed by atoms with Crippen LogP contribution in [0.15, 0.2) is 17.0 Å². The zero-order valence-electron chi connectivity index (χ0n) is 4.48. The Kier molecular flexibility index (Phi) is 3.19. The van der Waals surface area contributed by atoms with Crippen molar-refractivity contribution in [2.24, 2.45) is 4.99 Å². The molecule has 0 N–H and O–H groups in total. The molecule has 0 radical (unpaired) electrons. The lowest BCUT2D eigenvalue weighted by atomic mass is 10.7. The molecule has 0 aromatic rings. The molecule has 2 heteroatoms. The van der Waals surface area contributed by atoms with Gasteiger partial charge in [-0.3, -0.25) is 0 Å². The van der Waals surface area contributed by atoms with Crippen LogP contribution in [0.4, 0.5) is 4.39 Å². The molecule has 40 valence electrons. The monoisotopic (exact) mass is 101 g/mol. The molecule has 0 aromatic heterocycles. The largest absolute Gasteiger partial charge is 0.233 e. The zero-order valence-corrected chi connectivity index (χ0v) is 4.48. The van der Waals surface area contributed by atoms with Gasteiger partial charge in [0, 0.05) is 6.21 Å². The van der Waals surface area contributed by atoms with Gasteiger partial charge in [0.15, 0.2) is 0 Å². The molecule has 0 rings (SSSR count). The summed E-state index contributed by atoms with van der Waals surface area (Å²) in [5.74, 6) is -0.428. The minimum absolute atomic E-state index is 0.428. The molecule has 0 aliphatic rings. The Labute approximate surface area is 42.6 Å². The van der Waals surface area contributed by atoms with Crippen LogP contribution in [0.25, 0.3) is 0 Å². The lowest BCUT2D eigenvalue weighted by molar-refractivity contribution is 0.627. The first-order valence-corrected chi connectivity index (χ1v) is 2.11. The van der Waals surface area contributed by atoms with Crippen LogP contribution in [0, 0.1) is 0 Å². The van der Waals surface area contributed by atoms with E-state index in [9.17, 15) is 4.39 Å². The van der Waals surface area contributed by atoms with E-state index >= 15 is 0 Å². The van der Waals surface area contributed by atoms with Crippen LogP contribution in [0.5, 0.6) is 0 Å². The standard InChI is InChI=1S/C5H8FN/c1-3-5(6)7-4-2/h3-4H,1-2H3/b5-3-,7-4-. The summed E-state index contributed by atoms with van der Waals surface area (Å²) >= 11 is 0.